The Hall–Kier alpha value is -1.41. The summed E-state index contributed by atoms with van der Waals surface area (Å²) in [6.45, 7) is 0.571. The molecule has 0 aliphatic heterocycles. The minimum absolute atomic E-state index is 0.0578. The maximum Gasteiger partial charge on any atom is 0.242 e. The highest BCUT2D eigenvalue weighted by atomic mass is 35.5. The largest absolute Gasteiger partial charge is 0.326 e. The summed E-state index contributed by atoms with van der Waals surface area (Å²) < 4.78 is 28.6. The second-order valence-electron chi connectivity index (χ2n) is 4.60. The zero-order valence-electron chi connectivity index (χ0n) is 11.6. The molecule has 0 radical (unpaired) electrons. The zero-order valence-corrected chi connectivity index (χ0v) is 13.2. The lowest BCUT2D eigenvalue weighted by molar-refractivity contribution is 0.581. The van der Waals surface area contributed by atoms with Crippen LogP contribution in [0.25, 0.3) is 0 Å². The maximum atomic E-state index is 12.2. The van der Waals surface area contributed by atoms with Crippen molar-refractivity contribution in [2.75, 3.05) is 6.54 Å². The molecule has 0 fully saturated rings. The Morgan fingerprint density at radius 1 is 1.38 bits per heavy atom. The average Bonchev–Trinajstić information content (AvgIpc) is 2.83. The van der Waals surface area contributed by atoms with Crippen LogP contribution >= 0.6 is 11.6 Å². The minimum Gasteiger partial charge on any atom is -0.326 e. The van der Waals surface area contributed by atoms with E-state index in [-0.39, 0.29) is 16.5 Å². The van der Waals surface area contributed by atoms with E-state index in [4.69, 9.17) is 17.3 Å². The smallest absolute Gasteiger partial charge is 0.242 e. The molecule has 0 saturated heterocycles. The van der Waals surface area contributed by atoms with Gasteiger partial charge in [-0.25, -0.2) is 13.1 Å². The summed E-state index contributed by atoms with van der Waals surface area (Å²) in [5, 5.41) is 4.35. The van der Waals surface area contributed by atoms with Crippen molar-refractivity contribution in [2.24, 2.45) is 12.8 Å². The third-order valence-electron chi connectivity index (χ3n) is 2.96. The van der Waals surface area contributed by atoms with Crippen LogP contribution in [0.15, 0.2) is 35.4 Å². The van der Waals surface area contributed by atoms with Gasteiger partial charge in [-0.15, -0.1) is 0 Å². The van der Waals surface area contributed by atoms with Crippen LogP contribution in [0.3, 0.4) is 0 Å². The van der Waals surface area contributed by atoms with Crippen molar-refractivity contribution in [1.82, 2.24) is 14.5 Å². The number of hydrogen-bond donors (Lipinski definition) is 2. The van der Waals surface area contributed by atoms with Gasteiger partial charge in [0, 0.05) is 32.8 Å². The lowest BCUT2D eigenvalue weighted by Crippen LogP contribution is -2.26. The molecular formula is C13H17ClN4O2S. The zero-order chi connectivity index (χ0) is 15.5. The molecule has 0 unspecified atom stereocenters. The van der Waals surface area contributed by atoms with Gasteiger partial charge >= 0.3 is 0 Å². The first-order valence-electron chi connectivity index (χ1n) is 6.39. The second-order valence-corrected chi connectivity index (χ2v) is 6.74. The third kappa shape index (κ3) is 4.04. The average molecular weight is 329 g/mol. The van der Waals surface area contributed by atoms with Crippen LogP contribution in [-0.4, -0.2) is 24.7 Å². The van der Waals surface area contributed by atoms with Crippen LogP contribution < -0.4 is 10.5 Å². The van der Waals surface area contributed by atoms with E-state index in [1.54, 1.807) is 16.8 Å². The molecule has 1 aromatic heterocycles. The fourth-order valence-corrected chi connectivity index (χ4v) is 3.47. The Bertz CT molecular complexity index is 728. The van der Waals surface area contributed by atoms with E-state index < -0.39 is 10.0 Å². The summed E-state index contributed by atoms with van der Waals surface area (Å²) in [5.74, 6) is 0. The van der Waals surface area contributed by atoms with Crippen molar-refractivity contribution in [3.63, 3.8) is 0 Å². The normalized spacial score (nSPS) is 11.8. The molecule has 21 heavy (non-hydrogen) atoms. The van der Waals surface area contributed by atoms with E-state index in [0.717, 1.165) is 11.3 Å². The molecule has 1 heterocycles. The Kier molecular flexibility index (Phi) is 5.00. The van der Waals surface area contributed by atoms with Gasteiger partial charge in [-0.3, -0.25) is 4.68 Å². The number of nitrogens with zero attached hydrogens (tertiary/aromatic N) is 2. The molecule has 8 heteroatoms. The van der Waals surface area contributed by atoms with Crippen molar-refractivity contribution in [3.05, 3.63) is 46.7 Å². The number of nitrogens with two attached hydrogens (primary N) is 1. The Balaban J connectivity index is 2.04. The molecule has 0 atom stereocenters. The summed E-state index contributed by atoms with van der Waals surface area (Å²) in [6.07, 6.45) is 2.32. The summed E-state index contributed by atoms with van der Waals surface area (Å²) in [5.41, 5.74) is 7.10. The molecule has 0 amide bonds. The van der Waals surface area contributed by atoms with E-state index in [1.165, 1.54) is 6.07 Å². The van der Waals surface area contributed by atoms with Crippen LogP contribution in [0, 0.1) is 0 Å². The van der Waals surface area contributed by atoms with Crippen LogP contribution in [0.1, 0.15) is 11.3 Å². The van der Waals surface area contributed by atoms with Gasteiger partial charge in [-0.2, -0.15) is 5.10 Å². The van der Waals surface area contributed by atoms with E-state index in [9.17, 15) is 8.42 Å². The van der Waals surface area contributed by atoms with Gasteiger partial charge in [0.1, 0.15) is 4.90 Å². The first-order valence-corrected chi connectivity index (χ1v) is 8.25. The van der Waals surface area contributed by atoms with Gasteiger partial charge in [0.25, 0.3) is 0 Å². The van der Waals surface area contributed by atoms with Crippen LogP contribution in [0.2, 0.25) is 5.02 Å². The molecule has 6 nitrogen and oxygen atoms in total. The monoisotopic (exact) mass is 328 g/mol. The molecule has 0 saturated carbocycles. The highest BCUT2D eigenvalue weighted by molar-refractivity contribution is 7.89. The van der Waals surface area contributed by atoms with Crippen molar-refractivity contribution < 1.29 is 8.42 Å². The molecule has 3 N–H and O–H groups in total. The molecule has 2 aromatic rings. The first kappa shape index (κ1) is 16.0. The molecule has 1 aromatic carbocycles. The number of sulfonamides is 1. The maximum absolute atomic E-state index is 12.2. The molecule has 2 rings (SSSR count). The van der Waals surface area contributed by atoms with Crippen LogP contribution in [0.4, 0.5) is 0 Å². The molecule has 0 aliphatic rings. The van der Waals surface area contributed by atoms with Crippen molar-refractivity contribution in [1.29, 1.82) is 0 Å². The van der Waals surface area contributed by atoms with Crippen molar-refractivity contribution in [2.45, 2.75) is 17.9 Å². The third-order valence-corrected chi connectivity index (χ3v) is 4.91. The van der Waals surface area contributed by atoms with Gasteiger partial charge in [0.05, 0.1) is 10.7 Å². The van der Waals surface area contributed by atoms with Gasteiger partial charge in [-0.1, -0.05) is 17.7 Å². The van der Waals surface area contributed by atoms with Crippen LogP contribution in [0.5, 0.6) is 0 Å². The van der Waals surface area contributed by atoms with Gasteiger partial charge in [0.15, 0.2) is 0 Å². The number of aromatic nitrogens is 2. The number of nitrogens with one attached hydrogen (secondary N) is 1. The number of halogens is 1. The molecule has 0 spiro atoms. The number of rotatable bonds is 6. The fraction of sp³-hybridized carbons (Fsp3) is 0.308. The predicted octanol–water partition coefficient (Wildman–Crippen LogP) is 1.05. The van der Waals surface area contributed by atoms with Crippen molar-refractivity contribution in [3.8, 4) is 0 Å². The molecule has 0 bridgehead atoms. The lowest BCUT2D eigenvalue weighted by Gasteiger charge is -2.09. The van der Waals surface area contributed by atoms with E-state index >= 15 is 0 Å². The van der Waals surface area contributed by atoms with Gasteiger partial charge in [0.2, 0.25) is 10.0 Å². The SMILES string of the molecule is Cn1ccc(CCNS(=O)(=O)c2ccc(CN)cc2Cl)n1. The Labute approximate surface area is 129 Å². The fourth-order valence-electron chi connectivity index (χ4n) is 1.88. The number of aryl methyl sites for hydroxylation is 1. The van der Waals surface area contributed by atoms with Gasteiger partial charge in [-0.05, 0) is 23.8 Å². The summed E-state index contributed by atoms with van der Waals surface area (Å²) in [7, 11) is -1.82. The van der Waals surface area contributed by atoms with Crippen LogP contribution in [-0.2, 0) is 30.0 Å². The highest BCUT2D eigenvalue weighted by Crippen LogP contribution is 2.22. The summed E-state index contributed by atoms with van der Waals surface area (Å²) >= 11 is 6.00. The predicted molar refractivity (Wildman–Crippen MR) is 81.4 cm³/mol. The molecular weight excluding hydrogens is 312 g/mol. The van der Waals surface area contributed by atoms with E-state index in [0.29, 0.717) is 13.0 Å². The quantitative estimate of drug-likeness (QED) is 0.829. The summed E-state index contributed by atoms with van der Waals surface area (Å²) in [6, 6.07) is 6.53. The first-order chi connectivity index (χ1) is 9.92. The second kappa shape index (κ2) is 6.57. The molecule has 0 aliphatic carbocycles. The van der Waals surface area contributed by atoms with Crippen molar-refractivity contribution >= 4 is 21.6 Å². The molecule has 114 valence electrons. The topological polar surface area (TPSA) is 90.0 Å². The van der Waals surface area contributed by atoms with E-state index in [2.05, 4.69) is 9.82 Å². The standard InChI is InChI=1S/C13H17ClN4O2S/c1-18-7-5-11(17-18)4-6-16-21(19,20)13-3-2-10(9-15)8-12(13)14/h2-3,5,7-8,16H,4,6,9,15H2,1H3. The van der Waals surface area contributed by atoms with Gasteiger partial charge < -0.3 is 5.73 Å². The van der Waals surface area contributed by atoms with E-state index in [1.807, 2.05) is 19.3 Å². The highest BCUT2D eigenvalue weighted by Gasteiger charge is 2.17. The number of hydrogen-bond acceptors (Lipinski definition) is 4. The number of benzene rings is 1. The minimum atomic E-state index is -3.64. The Morgan fingerprint density at radius 3 is 2.71 bits per heavy atom. The Morgan fingerprint density at radius 2 is 2.14 bits per heavy atom. The lowest BCUT2D eigenvalue weighted by atomic mass is 10.2. The summed E-state index contributed by atoms with van der Waals surface area (Å²) in [4.78, 5) is 0.0578.